The van der Waals surface area contributed by atoms with Crippen molar-refractivity contribution >= 4 is 0 Å². The van der Waals surface area contributed by atoms with E-state index in [0.29, 0.717) is 11.8 Å². The predicted molar refractivity (Wildman–Crippen MR) is 82.0 cm³/mol. The van der Waals surface area contributed by atoms with E-state index in [1.807, 2.05) is 0 Å². The van der Waals surface area contributed by atoms with Gasteiger partial charge >= 0.3 is 0 Å². The summed E-state index contributed by atoms with van der Waals surface area (Å²) in [6, 6.07) is 0.738. The van der Waals surface area contributed by atoms with Gasteiger partial charge in [0.15, 0.2) is 0 Å². The monoisotopic (exact) mass is 257 g/mol. The quantitative estimate of drug-likeness (QED) is 0.637. The number of nitrogens with zero attached hydrogens (tertiary/aromatic N) is 1. The van der Waals surface area contributed by atoms with E-state index in [0.717, 1.165) is 12.0 Å². The third-order valence-corrected chi connectivity index (χ3v) is 5.60. The second-order valence-electron chi connectivity index (χ2n) is 6.83. The summed E-state index contributed by atoms with van der Waals surface area (Å²) < 4.78 is 0. The fraction of sp³-hybridized carbons (Fsp3) is 0.667. The van der Waals surface area contributed by atoms with Crippen molar-refractivity contribution in [3.8, 4) is 0 Å². The van der Waals surface area contributed by atoms with Crippen LogP contribution >= 0.6 is 0 Å². The molecule has 2 aliphatic carbocycles. The summed E-state index contributed by atoms with van der Waals surface area (Å²) >= 11 is 0. The van der Waals surface area contributed by atoms with Gasteiger partial charge in [-0.2, -0.15) is 0 Å². The first-order valence-corrected chi connectivity index (χ1v) is 7.92. The second-order valence-corrected chi connectivity index (χ2v) is 6.83. The molecule has 3 atom stereocenters. The van der Waals surface area contributed by atoms with Gasteiger partial charge in [0.05, 0.1) is 0 Å². The van der Waals surface area contributed by atoms with E-state index in [1.165, 1.54) is 32.4 Å². The summed E-state index contributed by atoms with van der Waals surface area (Å²) in [6.07, 6.45) is 13.4. The Morgan fingerprint density at radius 2 is 1.74 bits per heavy atom. The molecule has 3 unspecified atom stereocenters. The van der Waals surface area contributed by atoms with Crippen molar-refractivity contribution in [2.45, 2.75) is 46.1 Å². The Bertz CT molecular complexity index is 421. The van der Waals surface area contributed by atoms with E-state index >= 15 is 0 Å². The molecule has 1 aliphatic heterocycles. The lowest BCUT2D eigenvalue weighted by molar-refractivity contribution is 0.0960. The van der Waals surface area contributed by atoms with Crippen LogP contribution in [0.2, 0.25) is 0 Å². The van der Waals surface area contributed by atoms with Gasteiger partial charge in [-0.15, -0.1) is 0 Å². The van der Waals surface area contributed by atoms with E-state index in [9.17, 15) is 0 Å². The molecule has 1 fully saturated rings. The topological polar surface area (TPSA) is 3.24 Å². The lowest BCUT2D eigenvalue weighted by Crippen LogP contribution is -2.48. The maximum atomic E-state index is 2.77. The molecule has 3 rings (SSSR count). The van der Waals surface area contributed by atoms with Gasteiger partial charge in [0.25, 0.3) is 0 Å². The number of piperidine rings is 1. The molecule has 0 saturated carbocycles. The van der Waals surface area contributed by atoms with Gasteiger partial charge in [0.2, 0.25) is 0 Å². The van der Waals surface area contributed by atoms with Gasteiger partial charge < -0.3 is 0 Å². The number of likely N-dealkylation sites (tertiary alicyclic amines) is 1. The smallest absolute Gasteiger partial charge is 0.0204 e. The van der Waals surface area contributed by atoms with Crippen LogP contribution in [-0.4, -0.2) is 24.0 Å². The molecule has 3 aliphatic rings. The average Bonchev–Trinajstić information content (AvgIpc) is 2.44. The highest BCUT2D eigenvalue weighted by Crippen LogP contribution is 2.41. The first kappa shape index (κ1) is 13.2. The van der Waals surface area contributed by atoms with Gasteiger partial charge in [0, 0.05) is 17.9 Å². The number of fused-ring (bicyclic) bond motifs is 1. The molecule has 0 spiro atoms. The Hall–Kier alpha value is -0.820. The standard InChI is InChI=1S/C18H27N/c1-13-8-10-19(11-9-13)18-12-14(2)15(3)16-6-4-5-7-17(16)18/h4-7,13,16-18H,8-12H2,1-3H3. The normalized spacial score (nSPS) is 36.7. The average molecular weight is 257 g/mol. The summed E-state index contributed by atoms with van der Waals surface area (Å²) in [7, 11) is 0. The van der Waals surface area contributed by atoms with E-state index in [2.05, 4.69) is 50.0 Å². The fourth-order valence-electron chi connectivity index (χ4n) is 4.05. The summed E-state index contributed by atoms with van der Waals surface area (Å²) in [6.45, 7) is 9.69. The van der Waals surface area contributed by atoms with Crippen LogP contribution in [0.4, 0.5) is 0 Å². The highest BCUT2D eigenvalue weighted by molar-refractivity contribution is 5.31. The van der Waals surface area contributed by atoms with E-state index in [4.69, 9.17) is 0 Å². The molecule has 19 heavy (non-hydrogen) atoms. The van der Waals surface area contributed by atoms with Crippen LogP contribution in [0.25, 0.3) is 0 Å². The highest BCUT2D eigenvalue weighted by atomic mass is 15.2. The minimum absolute atomic E-state index is 0.656. The molecule has 1 saturated heterocycles. The van der Waals surface area contributed by atoms with Crippen molar-refractivity contribution in [2.24, 2.45) is 17.8 Å². The molecular formula is C18H27N. The Kier molecular flexibility index (Phi) is 3.66. The van der Waals surface area contributed by atoms with Gasteiger partial charge in [-0.3, -0.25) is 4.90 Å². The number of hydrogen-bond donors (Lipinski definition) is 0. The highest BCUT2D eigenvalue weighted by Gasteiger charge is 2.37. The fourth-order valence-corrected chi connectivity index (χ4v) is 4.05. The zero-order valence-electron chi connectivity index (χ0n) is 12.6. The maximum Gasteiger partial charge on any atom is 0.0204 e. The van der Waals surface area contributed by atoms with Crippen LogP contribution in [0.5, 0.6) is 0 Å². The molecule has 104 valence electrons. The Labute approximate surface area is 118 Å². The number of rotatable bonds is 1. The summed E-state index contributed by atoms with van der Waals surface area (Å²) in [4.78, 5) is 2.77. The Morgan fingerprint density at radius 1 is 1.05 bits per heavy atom. The largest absolute Gasteiger partial charge is 0.299 e. The molecule has 1 heteroatoms. The molecule has 0 aromatic carbocycles. The van der Waals surface area contributed by atoms with Crippen LogP contribution in [0.3, 0.4) is 0 Å². The van der Waals surface area contributed by atoms with Crippen LogP contribution < -0.4 is 0 Å². The third-order valence-electron chi connectivity index (χ3n) is 5.60. The lowest BCUT2D eigenvalue weighted by atomic mass is 9.70. The molecule has 0 N–H and O–H groups in total. The van der Waals surface area contributed by atoms with Gasteiger partial charge in [-0.05, 0) is 52.1 Å². The van der Waals surface area contributed by atoms with Crippen molar-refractivity contribution in [2.75, 3.05) is 13.1 Å². The van der Waals surface area contributed by atoms with Crippen LogP contribution in [-0.2, 0) is 0 Å². The third kappa shape index (κ3) is 2.45. The zero-order valence-corrected chi connectivity index (χ0v) is 12.6. The molecule has 0 radical (unpaired) electrons. The van der Waals surface area contributed by atoms with Crippen molar-refractivity contribution in [1.29, 1.82) is 0 Å². The lowest BCUT2D eigenvalue weighted by Gasteiger charge is -2.46. The molecule has 1 heterocycles. The van der Waals surface area contributed by atoms with Gasteiger partial charge in [-0.1, -0.05) is 42.4 Å². The summed E-state index contributed by atoms with van der Waals surface area (Å²) in [5.41, 5.74) is 3.25. The minimum Gasteiger partial charge on any atom is -0.299 e. The molecule has 0 aromatic rings. The van der Waals surface area contributed by atoms with Crippen molar-refractivity contribution in [3.05, 3.63) is 35.5 Å². The summed E-state index contributed by atoms with van der Waals surface area (Å²) in [5.74, 6) is 2.29. The molecular weight excluding hydrogens is 230 g/mol. The van der Waals surface area contributed by atoms with E-state index in [1.54, 1.807) is 11.1 Å². The molecule has 0 bridgehead atoms. The maximum absolute atomic E-state index is 2.77. The zero-order chi connectivity index (χ0) is 13.4. The molecule has 1 nitrogen and oxygen atoms in total. The van der Waals surface area contributed by atoms with Crippen molar-refractivity contribution < 1.29 is 0 Å². The van der Waals surface area contributed by atoms with Crippen LogP contribution in [0.15, 0.2) is 35.5 Å². The van der Waals surface area contributed by atoms with Crippen LogP contribution in [0.1, 0.15) is 40.0 Å². The first-order valence-electron chi connectivity index (χ1n) is 7.92. The Morgan fingerprint density at radius 3 is 2.47 bits per heavy atom. The van der Waals surface area contributed by atoms with Crippen molar-refractivity contribution in [1.82, 2.24) is 4.90 Å². The predicted octanol–water partition coefficient (Wildman–Crippen LogP) is 4.19. The second kappa shape index (κ2) is 5.28. The SMILES string of the molecule is CC1=C(C)C2C=CC=CC2C(N2CCC(C)CC2)C1. The van der Waals surface area contributed by atoms with E-state index in [-0.39, 0.29) is 0 Å². The van der Waals surface area contributed by atoms with Gasteiger partial charge in [0.1, 0.15) is 0 Å². The van der Waals surface area contributed by atoms with E-state index < -0.39 is 0 Å². The summed E-state index contributed by atoms with van der Waals surface area (Å²) in [5, 5.41) is 0. The minimum atomic E-state index is 0.656. The molecule has 0 aromatic heterocycles. The van der Waals surface area contributed by atoms with Gasteiger partial charge in [-0.25, -0.2) is 0 Å². The van der Waals surface area contributed by atoms with Crippen molar-refractivity contribution in [3.63, 3.8) is 0 Å². The number of allylic oxidation sites excluding steroid dienone is 4. The van der Waals surface area contributed by atoms with Crippen LogP contribution in [0, 0.1) is 17.8 Å². The number of hydrogen-bond acceptors (Lipinski definition) is 1. The first-order chi connectivity index (χ1) is 9.16. The molecule has 0 amide bonds. The Balaban J connectivity index is 1.82.